The number of methoxy groups -OCH3 is 2. The maximum absolute atomic E-state index is 11.9. The summed E-state index contributed by atoms with van der Waals surface area (Å²) in [6.07, 6.45) is 2.01. The molecule has 0 aromatic heterocycles. The summed E-state index contributed by atoms with van der Waals surface area (Å²) in [6.45, 7) is 3.64. The van der Waals surface area contributed by atoms with Crippen LogP contribution in [0, 0.1) is 0 Å². The van der Waals surface area contributed by atoms with E-state index in [9.17, 15) is 9.59 Å². The zero-order chi connectivity index (χ0) is 21.5. The second kappa shape index (κ2) is 14.6. The van der Waals surface area contributed by atoms with Gasteiger partial charge in [-0.2, -0.15) is 0 Å². The van der Waals surface area contributed by atoms with Gasteiger partial charge in [0, 0.05) is 20.1 Å². The van der Waals surface area contributed by atoms with Crippen LogP contribution in [0.25, 0.3) is 0 Å². The maximum atomic E-state index is 11.9. The molecule has 0 fully saturated rings. The first-order valence-corrected chi connectivity index (χ1v) is 9.92. The van der Waals surface area contributed by atoms with E-state index in [1.54, 1.807) is 7.11 Å². The topological polar surface area (TPSA) is 95.1 Å². The van der Waals surface area contributed by atoms with Crippen LogP contribution in [0.15, 0.2) is 18.2 Å². The van der Waals surface area contributed by atoms with Crippen LogP contribution < -0.4 is 20.1 Å². The van der Waals surface area contributed by atoms with Crippen molar-refractivity contribution in [1.82, 2.24) is 10.6 Å². The molecule has 9 heteroatoms. The number of carbonyl (C=O) groups excluding carboxylic acids is 2. The molecule has 0 radical (unpaired) electrons. The molecular formula is C20H30N2O6S. The zero-order valence-electron chi connectivity index (χ0n) is 17.2. The minimum Gasteiger partial charge on any atom is -0.493 e. The molecule has 0 aliphatic heterocycles. The molecule has 2 N–H and O–H groups in total. The van der Waals surface area contributed by atoms with Crippen LogP contribution in [0.4, 0.5) is 0 Å². The van der Waals surface area contributed by atoms with Gasteiger partial charge in [0.2, 0.25) is 5.91 Å². The fraction of sp³-hybridized carbons (Fsp3) is 0.550. The van der Waals surface area contributed by atoms with Crippen molar-refractivity contribution in [3.05, 3.63) is 23.8 Å². The summed E-state index contributed by atoms with van der Waals surface area (Å²) in [5, 5.41) is 5.68. The van der Waals surface area contributed by atoms with Crippen LogP contribution in [-0.2, 0) is 25.6 Å². The number of amides is 1. The van der Waals surface area contributed by atoms with Gasteiger partial charge in [-0.15, -0.1) is 0 Å². The van der Waals surface area contributed by atoms with E-state index in [0.29, 0.717) is 31.3 Å². The predicted molar refractivity (Wildman–Crippen MR) is 113 cm³/mol. The molecule has 8 nitrogen and oxygen atoms in total. The standard InChI is InChI=1S/C20H30N2O6S/c1-4-5-10-27-16-7-6-15(13-17(16)26-3)14-21-20(29)22-18(23)8-9-19(24)28-12-11-25-2/h6-7,13H,4-5,8-12,14H2,1-3H3,(H2,21,22,23,29). The normalized spacial score (nSPS) is 10.2. The predicted octanol–water partition coefficient (Wildman–Crippen LogP) is 2.33. The lowest BCUT2D eigenvalue weighted by molar-refractivity contribution is -0.146. The molecule has 1 aromatic rings. The van der Waals surface area contributed by atoms with Crippen molar-refractivity contribution < 1.29 is 28.5 Å². The Morgan fingerprint density at radius 1 is 1.07 bits per heavy atom. The fourth-order valence-electron chi connectivity index (χ4n) is 2.21. The number of ether oxygens (including phenoxy) is 4. The van der Waals surface area contributed by atoms with E-state index < -0.39 is 5.97 Å². The molecule has 1 aromatic carbocycles. The van der Waals surface area contributed by atoms with Crippen molar-refractivity contribution in [3.63, 3.8) is 0 Å². The average Bonchev–Trinajstić information content (AvgIpc) is 2.71. The van der Waals surface area contributed by atoms with E-state index in [1.807, 2.05) is 18.2 Å². The summed E-state index contributed by atoms with van der Waals surface area (Å²) in [5.41, 5.74) is 0.919. The Kier molecular flexibility index (Phi) is 12.4. The van der Waals surface area contributed by atoms with Gasteiger partial charge in [0.15, 0.2) is 16.6 Å². The Bertz CT molecular complexity index is 668. The van der Waals surface area contributed by atoms with E-state index >= 15 is 0 Å². The van der Waals surface area contributed by atoms with E-state index in [2.05, 4.69) is 17.6 Å². The summed E-state index contributed by atoms with van der Waals surface area (Å²) < 4.78 is 20.7. The number of carbonyl (C=O) groups is 2. The largest absolute Gasteiger partial charge is 0.493 e. The molecular weight excluding hydrogens is 396 g/mol. The quantitative estimate of drug-likeness (QED) is 0.282. The number of thiocarbonyl (C=S) groups is 1. The third-order valence-corrected chi connectivity index (χ3v) is 4.04. The first kappa shape index (κ1) is 24.6. The highest BCUT2D eigenvalue weighted by Crippen LogP contribution is 2.28. The Morgan fingerprint density at radius 2 is 1.86 bits per heavy atom. The molecule has 0 aliphatic rings. The molecule has 0 saturated heterocycles. The van der Waals surface area contributed by atoms with Gasteiger partial charge < -0.3 is 29.6 Å². The lowest BCUT2D eigenvalue weighted by atomic mass is 10.2. The molecule has 1 amide bonds. The summed E-state index contributed by atoms with van der Waals surface area (Å²) in [4.78, 5) is 23.3. The summed E-state index contributed by atoms with van der Waals surface area (Å²) in [5.74, 6) is 0.521. The van der Waals surface area contributed by atoms with E-state index in [-0.39, 0.29) is 30.5 Å². The van der Waals surface area contributed by atoms with Gasteiger partial charge >= 0.3 is 5.97 Å². The SMILES string of the molecule is CCCCOc1ccc(CNC(=S)NC(=O)CCC(=O)OCCOC)cc1OC. The molecule has 0 bridgehead atoms. The second-order valence-corrected chi connectivity index (χ2v) is 6.54. The molecule has 0 unspecified atom stereocenters. The van der Waals surface area contributed by atoms with Crippen LogP contribution in [0.5, 0.6) is 11.5 Å². The van der Waals surface area contributed by atoms with E-state index in [4.69, 9.17) is 31.2 Å². The van der Waals surface area contributed by atoms with Gasteiger partial charge in [0.1, 0.15) is 6.61 Å². The van der Waals surface area contributed by atoms with Gasteiger partial charge in [0.25, 0.3) is 0 Å². The smallest absolute Gasteiger partial charge is 0.306 e. The molecule has 0 heterocycles. The molecule has 0 aliphatic carbocycles. The first-order valence-electron chi connectivity index (χ1n) is 9.52. The van der Waals surface area contributed by atoms with Crippen molar-refractivity contribution >= 4 is 29.2 Å². The number of esters is 1. The van der Waals surface area contributed by atoms with Gasteiger partial charge in [-0.1, -0.05) is 19.4 Å². The maximum Gasteiger partial charge on any atom is 0.306 e. The number of hydrogen-bond donors (Lipinski definition) is 2. The number of hydrogen-bond acceptors (Lipinski definition) is 7. The second-order valence-electron chi connectivity index (χ2n) is 6.13. The highest BCUT2D eigenvalue weighted by molar-refractivity contribution is 7.80. The Hall–Kier alpha value is -2.39. The average molecular weight is 427 g/mol. The molecule has 29 heavy (non-hydrogen) atoms. The summed E-state index contributed by atoms with van der Waals surface area (Å²) in [6, 6.07) is 5.61. The van der Waals surface area contributed by atoms with Crippen LogP contribution in [0.2, 0.25) is 0 Å². The van der Waals surface area contributed by atoms with Crippen LogP contribution in [-0.4, -0.2) is 51.0 Å². The fourth-order valence-corrected chi connectivity index (χ4v) is 2.40. The molecule has 0 saturated carbocycles. The summed E-state index contributed by atoms with van der Waals surface area (Å²) in [7, 11) is 3.10. The molecule has 0 spiro atoms. The number of unbranched alkanes of at least 4 members (excludes halogenated alkanes) is 1. The van der Waals surface area contributed by atoms with Crippen LogP contribution in [0.3, 0.4) is 0 Å². The minimum atomic E-state index is -0.454. The molecule has 0 atom stereocenters. The van der Waals surface area contributed by atoms with Crippen molar-refractivity contribution in [2.45, 2.75) is 39.2 Å². The van der Waals surface area contributed by atoms with Gasteiger partial charge in [-0.25, -0.2) is 0 Å². The highest BCUT2D eigenvalue weighted by atomic mass is 32.1. The Labute approximate surface area is 177 Å². The Morgan fingerprint density at radius 3 is 2.55 bits per heavy atom. The number of nitrogens with one attached hydrogen (secondary N) is 2. The van der Waals surface area contributed by atoms with Gasteiger partial charge in [0.05, 0.1) is 26.7 Å². The first-order chi connectivity index (χ1) is 14.0. The van der Waals surface area contributed by atoms with Gasteiger partial charge in [-0.05, 0) is 36.3 Å². The monoisotopic (exact) mass is 426 g/mol. The number of benzene rings is 1. The summed E-state index contributed by atoms with van der Waals surface area (Å²) >= 11 is 5.12. The van der Waals surface area contributed by atoms with Crippen LogP contribution in [0.1, 0.15) is 38.2 Å². The van der Waals surface area contributed by atoms with Crippen molar-refractivity contribution in [1.29, 1.82) is 0 Å². The number of rotatable bonds is 13. The Balaban J connectivity index is 2.37. The van der Waals surface area contributed by atoms with Crippen molar-refractivity contribution in [3.8, 4) is 11.5 Å². The highest BCUT2D eigenvalue weighted by Gasteiger charge is 2.10. The lowest BCUT2D eigenvalue weighted by Crippen LogP contribution is -2.39. The molecule has 162 valence electrons. The third kappa shape index (κ3) is 10.7. The third-order valence-electron chi connectivity index (χ3n) is 3.80. The van der Waals surface area contributed by atoms with Crippen LogP contribution >= 0.6 is 12.2 Å². The van der Waals surface area contributed by atoms with Crippen molar-refractivity contribution in [2.75, 3.05) is 34.0 Å². The lowest BCUT2D eigenvalue weighted by Gasteiger charge is -2.13. The van der Waals surface area contributed by atoms with E-state index in [0.717, 1.165) is 18.4 Å². The zero-order valence-corrected chi connectivity index (χ0v) is 18.1. The minimum absolute atomic E-state index is 0.00868. The van der Waals surface area contributed by atoms with E-state index in [1.165, 1.54) is 7.11 Å². The van der Waals surface area contributed by atoms with Crippen molar-refractivity contribution in [2.24, 2.45) is 0 Å². The molecule has 1 rings (SSSR count). The van der Waals surface area contributed by atoms with Gasteiger partial charge in [-0.3, -0.25) is 9.59 Å².